The Kier molecular flexibility index (Phi) is 3.57. The van der Waals surface area contributed by atoms with E-state index in [1.54, 1.807) is 5.01 Å². The Labute approximate surface area is 123 Å². The van der Waals surface area contributed by atoms with Gasteiger partial charge in [0.1, 0.15) is 5.69 Å². The van der Waals surface area contributed by atoms with Gasteiger partial charge in [-0.3, -0.25) is 14.6 Å². The Morgan fingerprint density at radius 1 is 1.30 bits per heavy atom. The minimum absolute atomic E-state index is 0.505. The van der Waals surface area contributed by atoms with Gasteiger partial charge in [0.15, 0.2) is 5.84 Å². The van der Waals surface area contributed by atoms with Crippen molar-refractivity contribution in [2.45, 2.75) is 39.4 Å². The summed E-state index contributed by atoms with van der Waals surface area (Å²) in [4.78, 5) is 2.42. The quantitative estimate of drug-likeness (QED) is 0.844. The molecule has 110 valence electrons. The van der Waals surface area contributed by atoms with Crippen molar-refractivity contribution in [3.63, 3.8) is 0 Å². The number of amidine groups is 1. The first kappa shape index (κ1) is 13.7. The van der Waals surface area contributed by atoms with Crippen LogP contribution in [0, 0.1) is 0 Å². The highest BCUT2D eigenvalue weighted by Crippen LogP contribution is 2.26. The molecule has 0 fully saturated rings. The molecule has 3 heterocycles. The van der Waals surface area contributed by atoms with Crippen molar-refractivity contribution in [2.75, 3.05) is 13.6 Å². The van der Waals surface area contributed by atoms with E-state index in [1.807, 2.05) is 11.7 Å². The molecule has 0 amide bonds. The predicted molar refractivity (Wildman–Crippen MR) is 78.0 cm³/mol. The zero-order chi connectivity index (χ0) is 14.3. The number of nitrogens with zero attached hydrogens (tertiary/aromatic N) is 5. The SMILES string of the molecule is CC(C)N1CCCn2nc(C3=NNNN3C)c(Cl)c2C1. The first-order valence-corrected chi connectivity index (χ1v) is 7.27. The van der Waals surface area contributed by atoms with Crippen LogP contribution in [0.15, 0.2) is 5.10 Å². The molecule has 2 aliphatic heterocycles. The van der Waals surface area contributed by atoms with E-state index in [4.69, 9.17) is 11.6 Å². The molecule has 3 rings (SSSR count). The van der Waals surface area contributed by atoms with E-state index < -0.39 is 0 Å². The summed E-state index contributed by atoms with van der Waals surface area (Å²) >= 11 is 6.56. The monoisotopic (exact) mass is 297 g/mol. The topological polar surface area (TPSA) is 60.7 Å². The molecule has 0 unspecified atom stereocenters. The Hall–Kier alpha value is -1.31. The number of halogens is 1. The summed E-state index contributed by atoms with van der Waals surface area (Å²) < 4.78 is 2.02. The van der Waals surface area contributed by atoms with Crippen LogP contribution in [0.5, 0.6) is 0 Å². The first-order chi connectivity index (χ1) is 9.58. The molecule has 0 atom stereocenters. The van der Waals surface area contributed by atoms with E-state index in [1.165, 1.54) is 0 Å². The largest absolute Gasteiger partial charge is 0.295 e. The van der Waals surface area contributed by atoms with Gasteiger partial charge in [0.2, 0.25) is 0 Å². The van der Waals surface area contributed by atoms with Crippen molar-refractivity contribution >= 4 is 17.4 Å². The molecule has 0 saturated heterocycles. The average molecular weight is 298 g/mol. The molecule has 0 radical (unpaired) electrons. The van der Waals surface area contributed by atoms with Crippen LogP contribution in [0.2, 0.25) is 5.02 Å². The summed E-state index contributed by atoms with van der Waals surface area (Å²) in [5.74, 6) is 0.715. The van der Waals surface area contributed by atoms with Crippen LogP contribution >= 0.6 is 11.6 Å². The van der Waals surface area contributed by atoms with Crippen LogP contribution in [-0.2, 0) is 13.1 Å². The van der Waals surface area contributed by atoms with Crippen LogP contribution in [-0.4, -0.2) is 45.2 Å². The third-order valence-electron chi connectivity index (χ3n) is 3.80. The van der Waals surface area contributed by atoms with Gasteiger partial charge in [-0.25, -0.2) is 5.53 Å². The van der Waals surface area contributed by atoms with Gasteiger partial charge < -0.3 is 0 Å². The van der Waals surface area contributed by atoms with Crippen molar-refractivity contribution in [3.8, 4) is 0 Å². The van der Waals surface area contributed by atoms with Crippen LogP contribution in [0.4, 0.5) is 0 Å². The van der Waals surface area contributed by atoms with E-state index in [9.17, 15) is 0 Å². The minimum Gasteiger partial charge on any atom is -0.295 e. The lowest BCUT2D eigenvalue weighted by Gasteiger charge is -2.23. The maximum absolute atomic E-state index is 6.56. The summed E-state index contributed by atoms with van der Waals surface area (Å²) in [6.07, 6.45) is 1.08. The lowest BCUT2D eigenvalue weighted by Crippen LogP contribution is -2.37. The summed E-state index contributed by atoms with van der Waals surface area (Å²) in [6.45, 7) is 7.24. The molecule has 8 heteroatoms. The number of hydrazine groups is 2. The van der Waals surface area contributed by atoms with Crippen LogP contribution in [0.25, 0.3) is 0 Å². The third kappa shape index (κ3) is 2.25. The maximum atomic E-state index is 6.56. The highest BCUT2D eigenvalue weighted by molar-refractivity contribution is 6.34. The second-order valence-corrected chi connectivity index (χ2v) is 5.85. The third-order valence-corrected chi connectivity index (χ3v) is 4.20. The first-order valence-electron chi connectivity index (χ1n) is 6.89. The van der Waals surface area contributed by atoms with Crippen molar-refractivity contribution in [3.05, 3.63) is 16.4 Å². The molecule has 0 spiro atoms. The number of nitrogens with one attached hydrogen (secondary N) is 2. The zero-order valence-electron chi connectivity index (χ0n) is 12.0. The number of fused-ring (bicyclic) bond motifs is 1. The molecule has 1 aromatic rings. The molecular formula is C12H20ClN7. The summed E-state index contributed by atoms with van der Waals surface area (Å²) in [5, 5.41) is 11.3. The standard InChI is InChI=1S/C12H20ClN7/c1-8(2)19-5-4-6-20-9(7-19)10(13)11(15-20)12-14-16-17-18(12)3/h8,16-17H,4-7H2,1-3H3. The molecule has 0 aliphatic carbocycles. The van der Waals surface area contributed by atoms with Crippen molar-refractivity contribution in [2.24, 2.45) is 5.10 Å². The summed E-state index contributed by atoms with van der Waals surface area (Å²) in [7, 11) is 1.88. The Morgan fingerprint density at radius 2 is 2.10 bits per heavy atom. The van der Waals surface area contributed by atoms with Gasteiger partial charge >= 0.3 is 0 Å². The molecule has 7 nitrogen and oxygen atoms in total. The average Bonchev–Trinajstić information content (AvgIpc) is 2.86. The molecule has 0 saturated carbocycles. The van der Waals surface area contributed by atoms with E-state index in [0.29, 0.717) is 16.9 Å². The molecule has 1 aromatic heterocycles. The summed E-state index contributed by atoms with van der Waals surface area (Å²) in [5.41, 5.74) is 7.40. The van der Waals surface area contributed by atoms with Gasteiger partial charge in [-0.05, 0) is 20.3 Å². The Bertz CT molecular complexity index is 536. The van der Waals surface area contributed by atoms with Crippen LogP contribution < -0.4 is 11.1 Å². The fraction of sp³-hybridized carbons (Fsp3) is 0.667. The second kappa shape index (κ2) is 5.23. The zero-order valence-corrected chi connectivity index (χ0v) is 12.8. The molecular weight excluding hydrogens is 278 g/mol. The van der Waals surface area contributed by atoms with E-state index >= 15 is 0 Å². The number of hydrogen-bond donors (Lipinski definition) is 2. The van der Waals surface area contributed by atoms with E-state index in [2.05, 4.69) is 40.0 Å². The summed E-state index contributed by atoms with van der Waals surface area (Å²) in [6, 6.07) is 0.505. The highest BCUT2D eigenvalue weighted by Gasteiger charge is 2.27. The normalized spacial score (nSPS) is 19.9. The highest BCUT2D eigenvalue weighted by atomic mass is 35.5. The van der Waals surface area contributed by atoms with Crippen molar-refractivity contribution in [1.82, 2.24) is 30.8 Å². The second-order valence-electron chi connectivity index (χ2n) is 5.47. The number of hydrogen-bond acceptors (Lipinski definition) is 6. The minimum atomic E-state index is 0.505. The molecule has 0 aromatic carbocycles. The fourth-order valence-electron chi connectivity index (χ4n) is 2.58. The van der Waals surface area contributed by atoms with Gasteiger partial charge in [-0.1, -0.05) is 11.6 Å². The van der Waals surface area contributed by atoms with Gasteiger partial charge in [-0.15, -0.1) is 10.6 Å². The number of hydrazone groups is 1. The molecule has 0 bridgehead atoms. The van der Waals surface area contributed by atoms with Crippen molar-refractivity contribution < 1.29 is 0 Å². The number of aromatic nitrogens is 2. The maximum Gasteiger partial charge on any atom is 0.194 e. The predicted octanol–water partition coefficient (Wildman–Crippen LogP) is 0.767. The smallest absolute Gasteiger partial charge is 0.194 e. The van der Waals surface area contributed by atoms with Gasteiger partial charge in [0.05, 0.1) is 10.7 Å². The van der Waals surface area contributed by atoms with E-state index in [-0.39, 0.29) is 0 Å². The lowest BCUT2D eigenvalue weighted by atomic mass is 10.2. The lowest BCUT2D eigenvalue weighted by molar-refractivity contribution is 0.216. The van der Waals surface area contributed by atoms with Gasteiger partial charge in [0.25, 0.3) is 0 Å². The number of aryl methyl sites for hydroxylation is 1. The van der Waals surface area contributed by atoms with Crippen LogP contribution in [0.1, 0.15) is 31.7 Å². The molecule has 2 N–H and O–H groups in total. The molecule has 20 heavy (non-hydrogen) atoms. The Balaban J connectivity index is 1.96. The Morgan fingerprint density at radius 3 is 2.75 bits per heavy atom. The van der Waals surface area contributed by atoms with E-state index in [0.717, 1.165) is 37.4 Å². The van der Waals surface area contributed by atoms with Crippen LogP contribution in [0.3, 0.4) is 0 Å². The van der Waals surface area contributed by atoms with Crippen molar-refractivity contribution in [1.29, 1.82) is 0 Å². The molecule has 2 aliphatic rings. The van der Waals surface area contributed by atoms with Gasteiger partial charge in [-0.2, -0.15) is 5.10 Å². The van der Waals surface area contributed by atoms with Gasteiger partial charge in [0, 0.05) is 32.7 Å². The number of rotatable bonds is 2. The fourth-order valence-corrected chi connectivity index (χ4v) is 2.86.